The second-order valence-electron chi connectivity index (χ2n) is 4.50. The summed E-state index contributed by atoms with van der Waals surface area (Å²) in [5, 5.41) is 12.1. The molecule has 0 radical (unpaired) electrons. The van der Waals surface area contributed by atoms with Crippen LogP contribution in [0.5, 0.6) is 0 Å². The van der Waals surface area contributed by atoms with Crippen molar-refractivity contribution >= 4 is 11.9 Å². The molecule has 0 saturated carbocycles. The van der Waals surface area contributed by atoms with Gasteiger partial charge in [-0.1, -0.05) is 12.1 Å². The number of nitrogens with zero attached hydrogens (tertiary/aromatic N) is 1. The predicted octanol–water partition coefficient (Wildman–Crippen LogP) is 1.73. The van der Waals surface area contributed by atoms with Gasteiger partial charge in [0, 0.05) is 32.6 Å². The first-order valence-electron chi connectivity index (χ1n) is 6.89. The summed E-state index contributed by atoms with van der Waals surface area (Å²) in [6.07, 6.45) is 0.459. The molecule has 5 nitrogen and oxygen atoms in total. The second-order valence-corrected chi connectivity index (χ2v) is 4.50. The van der Waals surface area contributed by atoms with Gasteiger partial charge in [0.2, 0.25) is 5.91 Å². The molecule has 1 aromatic rings. The number of carbonyl (C=O) groups is 2. The minimum Gasteiger partial charge on any atom is -0.478 e. The highest BCUT2D eigenvalue weighted by Crippen LogP contribution is 2.05. The fourth-order valence-corrected chi connectivity index (χ4v) is 1.98. The summed E-state index contributed by atoms with van der Waals surface area (Å²) < 4.78 is 0. The molecule has 1 rings (SSSR count). The van der Waals surface area contributed by atoms with Gasteiger partial charge < -0.3 is 15.3 Å². The average Bonchev–Trinajstić information content (AvgIpc) is 2.45. The molecular formula is C15H22N2O3. The van der Waals surface area contributed by atoms with E-state index in [0.717, 1.165) is 18.7 Å². The fourth-order valence-electron chi connectivity index (χ4n) is 1.98. The van der Waals surface area contributed by atoms with E-state index in [0.29, 0.717) is 19.5 Å². The fraction of sp³-hybridized carbons (Fsp3) is 0.467. The molecule has 0 unspecified atom stereocenters. The van der Waals surface area contributed by atoms with Gasteiger partial charge in [0.05, 0.1) is 5.56 Å². The first kappa shape index (κ1) is 16.2. The first-order valence-corrected chi connectivity index (χ1v) is 6.89. The molecule has 0 bridgehead atoms. The number of carboxylic acid groups (broad SMARTS) is 1. The van der Waals surface area contributed by atoms with Gasteiger partial charge in [-0.15, -0.1) is 0 Å². The Kier molecular flexibility index (Phi) is 6.73. The molecule has 1 aromatic carbocycles. The third kappa shape index (κ3) is 5.01. The number of amides is 1. The minimum atomic E-state index is -0.927. The maximum Gasteiger partial charge on any atom is 0.335 e. The molecule has 5 heteroatoms. The van der Waals surface area contributed by atoms with E-state index in [1.807, 2.05) is 19.9 Å². The highest BCUT2D eigenvalue weighted by atomic mass is 16.4. The van der Waals surface area contributed by atoms with Crippen LogP contribution in [0.15, 0.2) is 24.3 Å². The lowest BCUT2D eigenvalue weighted by molar-refractivity contribution is -0.130. The summed E-state index contributed by atoms with van der Waals surface area (Å²) in [4.78, 5) is 24.4. The van der Waals surface area contributed by atoms with Crippen LogP contribution in [0.25, 0.3) is 0 Å². The van der Waals surface area contributed by atoms with Gasteiger partial charge in [-0.3, -0.25) is 4.79 Å². The van der Waals surface area contributed by atoms with Crippen LogP contribution >= 0.6 is 0 Å². The van der Waals surface area contributed by atoms with Crippen LogP contribution in [0.4, 0.5) is 0 Å². The number of benzene rings is 1. The molecule has 0 saturated heterocycles. The molecule has 0 heterocycles. The highest BCUT2D eigenvalue weighted by molar-refractivity contribution is 5.87. The van der Waals surface area contributed by atoms with Gasteiger partial charge in [0.25, 0.3) is 0 Å². The highest BCUT2D eigenvalue weighted by Gasteiger charge is 2.08. The molecule has 0 aromatic heterocycles. The summed E-state index contributed by atoms with van der Waals surface area (Å²) >= 11 is 0. The zero-order valence-corrected chi connectivity index (χ0v) is 12.1. The standard InChI is InChI=1S/C15H22N2O3/c1-3-17(4-2)14(18)8-9-16-11-12-6-5-7-13(10-12)15(19)20/h5-7,10,16H,3-4,8-9,11H2,1-2H3,(H,19,20). The van der Waals surface area contributed by atoms with Crippen molar-refractivity contribution in [1.82, 2.24) is 10.2 Å². The molecule has 1 amide bonds. The maximum absolute atomic E-state index is 11.8. The van der Waals surface area contributed by atoms with Crippen molar-refractivity contribution in [2.45, 2.75) is 26.8 Å². The lowest BCUT2D eigenvalue weighted by Gasteiger charge is -2.18. The number of rotatable bonds is 8. The molecule has 0 spiro atoms. The van der Waals surface area contributed by atoms with Gasteiger partial charge in [-0.25, -0.2) is 4.79 Å². The Morgan fingerprint density at radius 3 is 2.55 bits per heavy atom. The smallest absolute Gasteiger partial charge is 0.335 e. The monoisotopic (exact) mass is 278 g/mol. The van der Waals surface area contributed by atoms with Crippen LogP contribution in [0.3, 0.4) is 0 Å². The third-order valence-electron chi connectivity index (χ3n) is 3.13. The summed E-state index contributed by atoms with van der Waals surface area (Å²) in [7, 11) is 0. The van der Waals surface area contributed by atoms with Crippen LogP contribution in [-0.2, 0) is 11.3 Å². The largest absolute Gasteiger partial charge is 0.478 e. The van der Waals surface area contributed by atoms with Gasteiger partial charge in [-0.2, -0.15) is 0 Å². The predicted molar refractivity (Wildman–Crippen MR) is 77.7 cm³/mol. The number of carboxylic acids is 1. The van der Waals surface area contributed by atoms with Gasteiger partial charge in [0.15, 0.2) is 0 Å². The number of hydrogen-bond donors (Lipinski definition) is 2. The van der Waals surface area contributed by atoms with Crippen LogP contribution in [0, 0.1) is 0 Å². The second kappa shape index (κ2) is 8.32. The Bertz CT molecular complexity index is 456. The zero-order chi connectivity index (χ0) is 15.0. The molecule has 0 fully saturated rings. The van der Waals surface area contributed by atoms with Crippen molar-refractivity contribution in [3.63, 3.8) is 0 Å². The molecule has 0 aliphatic carbocycles. The van der Waals surface area contributed by atoms with Crippen molar-refractivity contribution in [3.8, 4) is 0 Å². The van der Waals surface area contributed by atoms with Gasteiger partial charge >= 0.3 is 5.97 Å². The minimum absolute atomic E-state index is 0.141. The third-order valence-corrected chi connectivity index (χ3v) is 3.13. The Hall–Kier alpha value is -1.88. The number of hydrogen-bond acceptors (Lipinski definition) is 3. The maximum atomic E-state index is 11.8. The van der Waals surface area contributed by atoms with Crippen LogP contribution < -0.4 is 5.32 Å². The molecule has 110 valence electrons. The summed E-state index contributed by atoms with van der Waals surface area (Å²) in [5.41, 5.74) is 1.18. The van der Waals surface area contributed by atoms with E-state index in [-0.39, 0.29) is 11.5 Å². The Balaban J connectivity index is 2.36. The van der Waals surface area contributed by atoms with Crippen molar-refractivity contribution in [2.75, 3.05) is 19.6 Å². The quantitative estimate of drug-likeness (QED) is 0.711. The van der Waals surface area contributed by atoms with E-state index in [1.54, 1.807) is 23.1 Å². The SMILES string of the molecule is CCN(CC)C(=O)CCNCc1cccc(C(=O)O)c1. The molecular weight excluding hydrogens is 256 g/mol. The Morgan fingerprint density at radius 1 is 1.25 bits per heavy atom. The molecule has 0 atom stereocenters. The first-order chi connectivity index (χ1) is 9.58. The van der Waals surface area contributed by atoms with E-state index in [4.69, 9.17) is 5.11 Å². The average molecular weight is 278 g/mol. The number of aromatic carboxylic acids is 1. The van der Waals surface area contributed by atoms with E-state index in [2.05, 4.69) is 5.32 Å². The summed E-state index contributed by atoms with van der Waals surface area (Å²) in [6.45, 7) is 6.55. The number of carbonyl (C=O) groups excluding carboxylic acids is 1. The van der Waals surface area contributed by atoms with Crippen LogP contribution in [0.1, 0.15) is 36.2 Å². The van der Waals surface area contributed by atoms with E-state index in [1.165, 1.54) is 0 Å². The van der Waals surface area contributed by atoms with Crippen molar-refractivity contribution in [1.29, 1.82) is 0 Å². The Morgan fingerprint density at radius 2 is 1.95 bits per heavy atom. The lowest BCUT2D eigenvalue weighted by atomic mass is 10.1. The van der Waals surface area contributed by atoms with E-state index >= 15 is 0 Å². The summed E-state index contributed by atoms with van der Waals surface area (Å²) in [5.74, 6) is -0.787. The van der Waals surface area contributed by atoms with Crippen molar-refractivity contribution in [2.24, 2.45) is 0 Å². The van der Waals surface area contributed by atoms with E-state index < -0.39 is 5.97 Å². The summed E-state index contributed by atoms with van der Waals surface area (Å²) in [6, 6.07) is 6.80. The molecule has 2 N–H and O–H groups in total. The van der Waals surface area contributed by atoms with Crippen molar-refractivity contribution < 1.29 is 14.7 Å². The van der Waals surface area contributed by atoms with E-state index in [9.17, 15) is 9.59 Å². The van der Waals surface area contributed by atoms with Crippen LogP contribution in [-0.4, -0.2) is 41.5 Å². The number of nitrogens with one attached hydrogen (secondary N) is 1. The Labute approximate surface area is 119 Å². The van der Waals surface area contributed by atoms with Crippen LogP contribution in [0.2, 0.25) is 0 Å². The molecule has 0 aliphatic rings. The lowest BCUT2D eigenvalue weighted by Crippen LogP contribution is -2.32. The zero-order valence-electron chi connectivity index (χ0n) is 12.1. The molecule has 20 heavy (non-hydrogen) atoms. The van der Waals surface area contributed by atoms with Crippen molar-refractivity contribution in [3.05, 3.63) is 35.4 Å². The van der Waals surface area contributed by atoms with Gasteiger partial charge in [-0.05, 0) is 31.5 Å². The normalized spacial score (nSPS) is 10.3. The molecule has 0 aliphatic heterocycles. The van der Waals surface area contributed by atoms with Gasteiger partial charge in [0.1, 0.15) is 0 Å². The topological polar surface area (TPSA) is 69.6 Å².